The first kappa shape index (κ1) is 15.6. The first-order chi connectivity index (χ1) is 12.2. The van der Waals surface area contributed by atoms with E-state index in [4.69, 9.17) is 9.47 Å². The zero-order chi connectivity index (χ0) is 17.2. The molecule has 0 atom stereocenters. The monoisotopic (exact) mass is 352 g/mol. The molecule has 4 rings (SSSR count). The molecule has 0 radical (unpaired) electrons. The van der Waals surface area contributed by atoms with Gasteiger partial charge in [0.25, 0.3) is 0 Å². The number of methoxy groups -OCH3 is 1. The van der Waals surface area contributed by atoms with E-state index in [2.05, 4.69) is 21.2 Å². The number of para-hydroxylation sites is 1. The zero-order valence-electron chi connectivity index (χ0n) is 13.8. The van der Waals surface area contributed by atoms with Crippen molar-refractivity contribution in [3.05, 3.63) is 53.5 Å². The molecule has 0 aliphatic carbocycles. The third kappa shape index (κ3) is 3.06. The van der Waals surface area contributed by atoms with Crippen molar-refractivity contribution in [1.29, 1.82) is 0 Å². The van der Waals surface area contributed by atoms with Crippen LogP contribution in [0.15, 0.2) is 48.5 Å². The normalized spacial score (nSPS) is 11.0. The van der Waals surface area contributed by atoms with Crippen LogP contribution in [0.25, 0.3) is 21.6 Å². The fraction of sp³-hybridized carbons (Fsp3) is 0.167. The van der Waals surface area contributed by atoms with Crippen molar-refractivity contribution < 1.29 is 9.47 Å². The summed E-state index contributed by atoms with van der Waals surface area (Å²) in [7, 11) is 3.44. The number of ether oxygens (including phenoxy) is 2. The molecule has 126 valence electrons. The van der Waals surface area contributed by atoms with Crippen LogP contribution in [-0.4, -0.2) is 26.9 Å². The van der Waals surface area contributed by atoms with E-state index < -0.39 is 0 Å². The predicted molar refractivity (Wildman–Crippen MR) is 96.9 cm³/mol. The molecule has 2 heterocycles. The molecule has 0 bridgehead atoms. The summed E-state index contributed by atoms with van der Waals surface area (Å²) < 4.78 is 14.0. The Hall–Kier alpha value is -2.93. The van der Waals surface area contributed by atoms with Crippen LogP contribution in [-0.2, 0) is 13.7 Å². The average Bonchev–Trinajstić information content (AvgIpc) is 3.23. The SMILES string of the molecule is COc1nnc(-c2ccc(OCc3nc4ccccc4s3)cc2)n1C. The first-order valence-electron chi connectivity index (χ1n) is 7.75. The van der Waals surface area contributed by atoms with Crippen LogP contribution in [0.3, 0.4) is 0 Å². The number of fused-ring (bicyclic) bond motifs is 1. The molecular formula is C18H16N4O2S. The maximum atomic E-state index is 5.85. The molecule has 0 spiro atoms. The largest absolute Gasteiger partial charge is 0.486 e. The topological polar surface area (TPSA) is 62.1 Å². The van der Waals surface area contributed by atoms with E-state index in [0.29, 0.717) is 12.6 Å². The van der Waals surface area contributed by atoms with Crippen molar-refractivity contribution in [2.24, 2.45) is 7.05 Å². The van der Waals surface area contributed by atoms with E-state index >= 15 is 0 Å². The van der Waals surface area contributed by atoms with Crippen LogP contribution in [0, 0.1) is 0 Å². The Balaban J connectivity index is 1.47. The van der Waals surface area contributed by atoms with Crippen molar-refractivity contribution in [3.63, 3.8) is 0 Å². The van der Waals surface area contributed by atoms with Crippen molar-refractivity contribution >= 4 is 21.6 Å². The van der Waals surface area contributed by atoms with E-state index in [1.54, 1.807) is 23.0 Å². The third-order valence-corrected chi connectivity index (χ3v) is 4.84. The van der Waals surface area contributed by atoms with Gasteiger partial charge in [-0.05, 0) is 36.4 Å². The summed E-state index contributed by atoms with van der Waals surface area (Å²) in [6.45, 7) is 0.455. The minimum atomic E-state index is 0.455. The summed E-state index contributed by atoms with van der Waals surface area (Å²) >= 11 is 1.65. The first-order valence-corrected chi connectivity index (χ1v) is 8.57. The Labute approximate surface area is 148 Å². The van der Waals surface area contributed by atoms with Crippen molar-refractivity contribution in [1.82, 2.24) is 19.7 Å². The Bertz CT molecular complexity index is 975. The van der Waals surface area contributed by atoms with Crippen LogP contribution in [0.2, 0.25) is 0 Å². The maximum Gasteiger partial charge on any atom is 0.316 e. The smallest absolute Gasteiger partial charge is 0.316 e. The second-order valence-corrected chi connectivity index (χ2v) is 6.57. The Morgan fingerprint density at radius 3 is 2.56 bits per heavy atom. The molecule has 0 unspecified atom stereocenters. The highest BCUT2D eigenvalue weighted by Crippen LogP contribution is 2.25. The molecule has 0 aliphatic heterocycles. The van der Waals surface area contributed by atoms with Gasteiger partial charge in [-0.2, -0.15) is 0 Å². The molecule has 2 aromatic carbocycles. The van der Waals surface area contributed by atoms with Gasteiger partial charge in [0.1, 0.15) is 17.4 Å². The number of rotatable bonds is 5. The van der Waals surface area contributed by atoms with Gasteiger partial charge in [0.05, 0.1) is 17.3 Å². The molecule has 0 fully saturated rings. The minimum Gasteiger partial charge on any atom is -0.486 e. The van der Waals surface area contributed by atoms with Gasteiger partial charge >= 0.3 is 6.01 Å². The molecule has 7 heteroatoms. The van der Waals surface area contributed by atoms with E-state index in [9.17, 15) is 0 Å². The maximum absolute atomic E-state index is 5.85. The second kappa shape index (κ2) is 6.52. The van der Waals surface area contributed by atoms with Crippen LogP contribution in [0.1, 0.15) is 5.01 Å². The predicted octanol–water partition coefficient (Wildman–Crippen LogP) is 3.68. The molecule has 25 heavy (non-hydrogen) atoms. The fourth-order valence-electron chi connectivity index (χ4n) is 2.57. The Kier molecular flexibility index (Phi) is 4.07. The van der Waals surface area contributed by atoms with Gasteiger partial charge in [-0.3, -0.25) is 4.57 Å². The Morgan fingerprint density at radius 2 is 1.84 bits per heavy atom. The molecule has 4 aromatic rings. The highest BCUT2D eigenvalue weighted by molar-refractivity contribution is 7.18. The van der Waals surface area contributed by atoms with Gasteiger partial charge in [0.15, 0.2) is 5.82 Å². The van der Waals surface area contributed by atoms with Crippen molar-refractivity contribution in [3.8, 4) is 23.1 Å². The van der Waals surface area contributed by atoms with Gasteiger partial charge in [-0.15, -0.1) is 16.4 Å². The lowest BCUT2D eigenvalue weighted by Gasteiger charge is -2.06. The van der Waals surface area contributed by atoms with Gasteiger partial charge in [-0.1, -0.05) is 17.2 Å². The minimum absolute atomic E-state index is 0.455. The average molecular weight is 352 g/mol. The summed E-state index contributed by atoms with van der Waals surface area (Å²) in [6.07, 6.45) is 0. The molecule has 0 saturated carbocycles. The van der Waals surface area contributed by atoms with Crippen molar-refractivity contribution in [2.75, 3.05) is 7.11 Å². The highest BCUT2D eigenvalue weighted by Gasteiger charge is 2.11. The molecule has 2 aromatic heterocycles. The highest BCUT2D eigenvalue weighted by atomic mass is 32.1. The van der Waals surface area contributed by atoms with E-state index in [0.717, 1.165) is 27.7 Å². The zero-order valence-corrected chi connectivity index (χ0v) is 14.7. The van der Waals surface area contributed by atoms with Crippen LogP contribution >= 0.6 is 11.3 Å². The quantitative estimate of drug-likeness (QED) is 0.548. The van der Waals surface area contributed by atoms with Crippen molar-refractivity contribution in [2.45, 2.75) is 6.61 Å². The molecule has 0 saturated heterocycles. The fourth-order valence-corrected chi connectivity index (χ4v) is 3.45. The summed E-state index contributed by atoms with van der Waals surface area (Å²) in [6, 6.07) is 16.3. The summed E-state index contributed by atoms with van der Waals surface area (Å²) in [5, 5.41) is 9.09. The van der Waals surface area contributed by atoms with Gasteiger partial charge in [0, 0.05) is 12.6 Å². The van der Waals surface area contributed by atoms with Crippen LogP contribution in [0.5, 0.6) is 11.8 Å². The molecule has 0 amide bonds. The number of thiazole rings is 1. The summed E-state index contributed by atoms with van der Waals surface area (Å²) in [4.78, 5) is 4.57. The molecule has 6 nitrogen and oxygen atoms in total. The third-order valence-electron chi connectivity index (χ3n) is 3.83. The molecular weight excluding hydrogens is 336 g/mol. The lowest BCUT2D eigenvalue weighted by molar-refractivity contribution is 0.306. The molecule has 0 aliphatic rings. The lowest BCUT2D eigenvalue weighted by atomic mass is 10.2. The number of nitrogens with zero attached hydrogens (tertiary/aromatic N) is 4. The Morgan fingerprint density at radius 1 is 1.04 bits per heavy atom. The van der Waals surface area contributed by atoms with Gasteiger partial charge < -0.3 is 9.47 Å². The lowest BCUT2D eigenvalue weighted by Crippen LogP contribution is -1.97. The van der Waals surface area contributed by atoms with E-state index in [-0.39, 0.29) is 0 Å². The second-order valence-electron chi connectivity index (χ2n) is 5.46. The number of aromatic nitrogens is 4. The standard InChI is InChI=1S/C18H16N4O2S/c1-22-17(20-21-18(22)23-2)12-7-9-13(10-8-12)24-11-16-19-14-5-3-4-6-15(14)25-16/h3-10H,11H2,1-2H3. The number of hydrogen-bond donors (Lipinski definition) is 0. The summed E-state index contributed by atoms with van der Waals surface area (Å²) in [5.74, 6) is 1.53. The van der Waals surface area contributed by atoms with Crippen LogP contribution < -0.4 is 9.47 Å². The van der Waals surface area contributed by atoms with Gasteiger partial charge in [-0.25, -0.2) is 4.98 Å². The van der Waals surface area contributed by atoms with E-state index in [1.807, 2.05) is 49.5 Å². The van der Waals surface area contributed by atoms with Gasteiger partial charge in [0.2, 0.25) is 0 Å². The van der Waals surface area contributed by atoms with Crippen LogP contribution in [0.4, 0.5) is 0 Å². The summed E-state index contributed by atoms with van der Waals surface area (Å²) in [5.41, 5.74) is 1.96. The number of benzene rings is 2. The molecule has 0 N–H and O–H groups in total. The van der Waals surface area contributed by atoms with E-state index in [1.165, 1.54) is 4.70 Å². The number of hydrogen-bond acceptors (Lipinski definition) is 6.